The van der Waals surface area contributed by atoms with Crippen LogP contribution in [0.5, 0.6) is 0 Å². The molecule has 2 saturated heterocycles. The van der Waals surface area contributed by atoms with Crippen molar-refractivity contribution in [2.75, 3.05) is 0 Å². The number of ether oxygens (including phenoxy) is 1. The fraction of sp³-hybridized carbons (Fsp3) is 0.435. The van der Waals surface area contributed by atoms with E-state index in [9.17, 15) is 4.79 Å². The van der Waals surface area contributed by atoms with Gasteiger partial charge in [0.2, 0.25) is 0 Å². The molecule has 2 fully saturated rings. The fourth-order valence-corrected chi connectivity index (χ4v) is 4.55. The molecule has 2 bridgehead atoms. The number of carbonyl (C=O) groups is 1. The third-order valence-electron chi connectivity index (χ3n) is 5.99. The average molecular weight is 349 g/mol. The highest BCUT2D eigenvalue weighted by Crippen LogP contribution is 2.42. The first kappa shape index (κ1) is 17.3. The van der Waals surface area contributed by atoms with E-state index in [1.165, 1.54) is 11.1 Å². The highest BCUT2D eigenvalue weighted by atomic mass is 16.5. The minimum Gasteiger partial charge on any atom is -0.461 e. The minimum absolute atomic E-state index is 0.0590. The first-order valence-electron chi connectivity index (χ1n) is 9.80. The first-order chi connectivity index (χ1) is 12.7. The summed E-state index contributed by atoms with van der Waals surface area (Å²) in [4.78, 5) is 13.0. The Bertz CT molecular complexity index is 741. The van der Waals surface area contributed by atoms with Gasteiger partial charge in [-0.05, 0) is 42.4 Å². The van der Waals surface area contributed by atoms with E-state index in [2.05, 4.69) is 36.5 Å². The summed E-state index contributed by atoms with van der Waals surface area (Å²) in [5, 5.41) is 3.64. The van der Waals surface area contributed by atoms with Crippen molar-refractivity contribution in [1.82, 2.24) is 5.32 Å². The van der Waals surface area contributed by atoms with Crippen molar-refractivity contribution in [3.63, 3.8) is 0 Å². The van der Waals surface area contributed by atoms with Crippen LogP contribution in [-0.2, 0) is 22.6 Å². The summed E-state index contributed by atoms with van der Waals surface area (Å²) in [5.74, 6) is 0.101. The van der Waals surface area contributed by atoms with Crippen LogP contribution in [0.25, 0.3) is 0 Å². The maximum absolute atomic E-state index is 13.0. The molecule has 0 spiro atoms. The van der Waals surface area contributed by atoms with Gasteiger partial charge in [0, 0.05) is 18.0 Å². The summed E-state index contributed by atoms with van der Waals surface area (Å²) in [5.41, 5.74) is 3.66. The molecule has 0 radical (unpaired) electrons. The summed E-state index contributed by atoms with van der Waals surface area (Å²) in [7, 11) is 0. The van der Waals surface area contributed by atoms with E-state index in [1.807, 2.05) is 30.3 Å². The third-order valence-corrected chi connectivity index (χ3v) is 5.99. The molecule has 0 aromatic heterocycles. The molecule has 0 amide bonds. The van der Waals surface area contributed by atoms with Crippen molar-refractivity contribution >= 4 is 5.97 Å². The van der Waals surface area contributed by atoms with E-state index >= 15 is 0 Å². The molecule has 4 rings (SSSR count). The molecule has 3 nitrogen and oxygen atoms in total. The number of hydrogen-bond donors (Lipinski definition) is 1. The zero-order valence-electron chi connectivity index (χ0n) is 15.4. The molecule has 2 aromatic rings. The van der Waals surface area contributed by atoms with Gasteiger partial charge in [-0.1, -0.05) is 61.5 Å². The van der Waals surface area contributed by atoms with Crippen LogP contribution in [0.3, 0.4) is 0 Å². The topological polar surface area (TPSA) is 38.3 Å². The van der Waals surface area contributed by atoms with Crippen molar-refractivity contribution in [2.24, 2.45) is 5.92 Å². The number of esters is 1. The van der Waals surface area contributed by atoms with Crippen LogP contribution in [0.1, 0.15) is 48.8 Å². The fourth-order valence-electron chi connectivity index (χ4n) is 4.55. The van der Waals surface area contributed by atoms with Gasteiger partial charge in [-0.3, -0.25) is 4.79 Å². The van der Waals surface area contributed by atoms with Gasteiger partial charge >= 0.3 is 5.97 Å². The second kappa shape index (κ2) is 7.63. The van der Waals surface area contributed by atoms with Gasteiger partial charge in [-0.15, -0.1) is 0 Å². The molecule has 4 atom stereocenters. The van der Waals surface area contributed by atoms with E-state index in [1.54, 1.807) is 0 Å². The number of aryl methyl sites for hydroxylation is 1. The summed E-state index contributed by atoms with van der Waals surface area (Å²) < 4.78 is 5.74. The number of benzene rings is 2. The molecule has 2 heterocycles. The number of hydrogen-bond acceptors (Lipinski definition) is 3. The van der Waals surface area contributed by atoms with Gasteiger partial charge in [0.05, 0.1) is 5.92 Å². The Kier molecular flexibility index (Phi) is 5.07. The van der Waals surface area contributed by atoms with E-state index < -0.39 is 0 Å². The molecule has 3 heteroatoms. The second-order valence-corrected chi connectivity index (χ2v) is 7.60. The Morgan fingerprint density at radius 1 is 1.04 bits per heavy atom. The van der Waals surface area contributed by atoms with Crippen LogP contribution in [0, 0.1) is 5.92 Å². The van der Waals surface area contributed by atoms with Crippen molar-refractivity contribution < 1.29 is 9.53 Å². The normalized spacial score (nSPS) is 27.3. The third kappa shape index (κ3) is 3.54. The van der Waals surface area contributed by atoms with Crippen LogP contribution in [0.4, 0.5) is 0 Å². The Morgan fingerprint density at radius 3 is 2.54 bits per heavy atom. The first-order valence-corrected chi connectivity index (χ1v) is 9.80. The van der Waals surface area contributed by atoms with E-state index in [4.69, 9.17) is 4.74 Å². The maximum atomic E-state index is 13.0. The smallest absolute Gasteiger partial charge is 0.311 e. The lowest BCUT2D eigenvalue weighted by molar-refractivity contribution is -0.152. The standard InChI is InChI=1S/C23H27NO2/c1-2-16-8-10-18(11-9-16)20-14-19-12-13-21(24-19)22(20)23(25)26-15-17-6-4-3-5-7-17/h3-11,19-22,24H,2,12-15H2,1H3/t19-,20-,21?,22?/m1/s1. The molecule has 2 unspecified atom stereocenters. The number of rotatable bonds is 5. The monoisotopic (exact) mass is 349 g/mol. The van der Waals surface area contributed by atoms with Crippen molar-refractivity contribution in [3.05, 3.63) is 71.3 Å². The molecule has 2 aromatic carbocycles. The van der Waals surface area contributed by atoms with Crippen molar-refractivity contribution in [1.29, 1.82) is 0 Å². The summed E-state index contributed by atoms with van der Waals surface area (Å²) in [6, 6.07) is 19.5. The number of carbonyl (C=O) groups excluding carboxylic acids is 1. The maximum Gasteiger partial charge on any atom is 0.311 e. The minimum atomic E-state index is -0.0926. The van der Waals surface area contributed by atoms with Crippen LogP contribution >= 0.6 is 0 Å². The molecular weight excluding hydrogens is 322 g/mol. The van der Waals surface area contributed by atoms with Crippen molar-refractivity contribution in [3.8, 4) is 0 Å². The highest BCUT2D eigenvalue weighted by molar-refractivity contribution is 5.75. The molecule has 2 aliphatic rings. The summed E-state index contributed by atoms with van der Waals surface area (Å²) in [6.45, 7) is 2.53. The molecule has 26 heavy (non-hydrogen) atoms. The van der Waals surface area contributed by atoms with Crippen LogP contribution in [0.15, 0.2) is 54.6 Å². The average Bonchev–Trinajstić information content (AvgIpc) is 3.07. The predicted molar refractivity (Wildman–Crippen MR) is 103 cm³/mol. The van der Waals surface area contributed by atoms with Crippen LogP contribution in [0.2, 0.25) is 0 Å². The zero-order chi connectivity index (χ0) is 17.9. The number of fused-ring (bicyclic) bond motifs is 2. The van der Waals surface area contributed by atoms with E-state index in [-0.39, 0.29) is 23.8 Å². The lowest BCUT2D eigenvalue weighted by atomic mass is 9.77. The van der Waals surface area contributed by atoms with Crippen LogP contribution in [-0.4, -0.2) is 18.1 Å². The molecule has 2 aliphatic heterocycles. The molecule has 1 N–H and O–H groups in total. The number of piperidine rings is 1. The Hall–Kier alpha value is -2.13. The predicted octanol–water partition coefficient (Wildman–Crippen LogP) is 4.22. The van der Waals surface area contributed by atoms with Gasteiger partial charge in [-0.2, -0.15) is 0 Å². The second-order valence-electron chi connectivity index (χ2n) is 7.60. The summed E-state index contributed by atoms with van der Waals surface area (Å²) >= 11 is 0. The summed E-state index contributed by atoms with van der Waals surface area (Å²) in [6.07, 6.45) is 4.30. The van der Waals surface area contributed by atoms with Crippen molar-refractivity contribution in [2.45, 2.75) is 57.2 Å². The molecule has 136 valence electrons. The lowest BCUT2D eigenvalue weighted by Crippen LogP contribution is -2.48. The van der Waals surface area contributed by atoms with Gasteiger partial charge < -0.3 is 10.1 Å². The quantitative estimate of drug-likeness (QED) is 0.822. The van der Waals surface area contributed by atoms with Gasteiger partial charge in [-0.25, -0.2) is 0 Å². The van der Waals surface area contributed by atoms with Gasteiger partial charge in [0.15, 0.2) is 0 Å². The van der Waals surface area contributed by atoms with E-state index in [0.717, 1.165) is 31.2 Å². The SMILES string of the molecule is CCc1ccc([C@H]2C[C@H]3CCC(N3)C2C(=O)OCc2ccccc2)cc1. The highest BCUT2D eigenvalue weighted by Gasteiger charge is 2.46. The molecule has 0 saturated carbocycles. The van der Waals surface area contributed by atoms with Gasteiger partial charge in [0.1, 0.15) is 6.61 Å². The largest absolute Gasteiger partial charge is 0.461 e. The van der Waals surface area contributed by atoms with Crippen LogP contribution < -0.4 is 5.32 Å². The van der Waals surface area contributed by atoms with Gasteiger partial charge in [0.25, 0.3) is 0 Å². The molecular formula is C23H27NO2. The zero-order valence-corrected chi connectivity index (χ0v) is 15.4. The Balaban J connectivity index is 1.52. The Morgan fingerprint density at radius 2 is 1.81 bits per heavy atom. The lowest BCUT2D eigenvalue weighted by Gasteiger charge is -2.36. The number of nitrogens with one attached hydrogen (secondary N) is 1. The molecule has 0 aliphatic carbocycles. The van der Waals surface area contributed by atoms with E-state index in [0.29, 0.717) is 12.6 Å². The Labute approximate surface area is 155 Å².